The zero-order chi connectivity index (χ0) is 21.2. The van der Waals surface area contributed by atoms with Gasteiger partial charge in [-0.3, -0.25) is 0 Å². The fraction of sp³-hybridized carbons (Fsp3) is 0.600. The molecule has 0 fully saturated rings. The zero-order valence-corrected chi connectivity index (χ0v) is 16.4. The number of benzene rings is 1. The summed E-state index contributed by atoms with van der Waals surface area (Å²) in [5.74, 6) is -1.56. The summed E-state index contributed by atoms with van der Waals surface area (Å²) in [6.45, 7) is 1.72. The number of hydrogen-bond donors (Lipinski definition) is 4. The van der Waals surface area contributed by atoms with Crippen LogP contribution in [-0.2, 0) is 9.47 Å². The maximum atomic E-state index is 12.5. The smallest absolute Gasteiger partial charge is 0.339 e. The van der Waals surface area contributed by atoms with E-state index in [2.05, 4.69) is 0 Å². The Morgan fingerprint density at radius 2 is 1.07 bits per heavy atom. The van der Waals surface area contributed by atoms with Crippen LogP contribution in [0.1, 0.15) is 47.4 Å². The van der Waals surface area contributed by atoms with E-state index in [4.69, 9.17) is 9.47 Å². The third-order valence-corrected chi connectivity index (χ3v) is 5.23. The van der Waals surface area contributed by atoms with Crippen LogP contribution in [0, 0.1) is 10.8 Å². The van der Waals surface area contributed by atoms with E-state index in [-0.39, 0.29) is 50.8 Å². The molecule has 0 saturated heterocycles. The molecule has 0 aliphatic rings. The SMILES string of the molecule is CCC(CO)(CO)COC(=O)c1ccccc1C(=O)OCC(CC)(CO)CO. The van der Waals surface area contributed by atoms with Crippen molar-refractivity contribution in [1.29, 1.82) is 0 Å². The minimum Gasteiger partial charge on any atom is -0.461 e. The molecule has 1 aromatic carbocycles. The van der Waals surface area contributed by atoms with Crippen molar-refractivity contribution in [3.63, 3.8) is 0 Å². The van der Waals surface area contributed by atoms with Crippen LogP contribution in [0.25, 0.3) is 0 Å². The maximum Gasteiger partial charge on any atom is 0.339 e. The molecule has 1 aromatic rings. The molecule has 0 amide bonds. The van der Waals surface area contributed by atoms with Gasteiger partial charge in [-0.15, -0.1) is 0 Å². The molecule has 0 unspecified atom stereocenters. The molecule has 0 aliphatic carbocycles. The van der Waals surface area contributed by atoms with Gasteiger partial charge >= 0.3 is 11.9 Å². The fourth-order valence-electron chi connectivity index (χ4n) is 2.37. The Kier molecular flexibility index (Phi) is 9.54. The van der Waals surface area contributed by atoms with Crippen molar-refractivity contribution in [3.05, 3.63) is 35.4 Å². The van der Waals surface area contributed by atoms with E-state index in [0.29, 0.717) is 12.8 Å². The number of carbonyl (C=O) groups is 2. The maximum absolute atomic E-state index is 12.5. The molecule has 8 nitrogen and oxygen atoms in total. The normalized spacial score (nSPS) is 11.9. The summed E-state index contributed by atoms with van der Waals surface area (Å²) in [5, 5.41) is 37.8. The van der Waals surface area contributed by atoms with Crippen LogP contribution in [0.15, 0.2) is 24.3 Å². The van der Waals surface area contributed by atoms with E-state index in [1.54, 1.807) is 26.0 Å². The van der Waals surface area contributed by atoms with E-state index in [1.165, 1.54) is 12.1 Å². The first-order valence-corrected chi connectivity index (χ1v) is 9.23. The lowest BCUT2D eigenvalue weighted by atomic mass is 9.88. The van der Waals surface area contributed by atoms with Crippen molar-refractivity contribution in [2.24, 2.45) is 10.8 Å². The second kappa shape index (κ2) is 11.1. The predicted molar refractivity (Wildman–Crippen MR) is 101 cm³/mol. The van der Waals surface area contributed by atoms with E-state index >= 15 is 0 Å². The molecule has 0 spiro atoms. The highest BCUT2D eigenvalue weighted by molar-refractivity contribution is 6.03. The Morgan fingerprint density at radius 1 is 0.750 bits per heavy atom. The Labute approximate surface area is 164 Å². The molecular weight excluding hydrogens is 368 g/mol. The van der Waals surface area contributed by atoms with Gasteiger partial charge in [0.1, 0.15) is 13.2 Å². The number of esters is 2. The van der Waals surface area contributed by atoms with Crippen LogP contribution in [0.2, 0.25) is 0 Å². The molecule has 1 rings (SSSR count). The van der Waals surface area contributed by atoms with E-state index in [9.17, 15) is 30.0 Å². The number of hydrogen-bond acceptors (Lipinski definition) is 8. The van der Waals surface area contributed by atoms with Crippen LogP contribution in [0.4, 0.5) is 0 Å². The monoisotopic (exact) mass is 398 g/mol. The summed E-state index contributed by atoms with van der Waals surface area (Å²) in [5.41, 5.74) is -1.92. The van der Waals surface area contributed by atoms with Gasteiger partial charge in [-0.2, -0.15) is 0 Å². The lowest BCUT2D eigenvalue weighted by Crippen LogP contribution is -2.36. The molecule has 4 N–H and O–H groups in total. The molecular formula is C20H30O8. The largest absolute Gasteiger partial charge is 0.461 e. The Morgan fingerprint density at radius 3 is 1.32 bits per heavy atom. The summed E-state index contributed by atoms with van der Waals surface area (Å²) in [6.07, 6.45) is 0.802. The van der Waals surface area contributed by atoms with Crippen molar-refractivity contribution < 1.29 is 39.5 Å². The number of aliphatic hydroxyl groups is 4. The molecule has 0 radical (unpaired) electrons. The summed E-state index contributed by atoms with van der Waals surface area (Å²) < 4.78 is 10.4. The third kappa shape index (κ3) is 5.75. The summed E-state index contributed by atoms with van der Waals surface area (Å²) in [6, 6.07) is 5.96. The highest BCUT2D eigenvalue weighted by atomic mass is 16.5. The van der Waals surface area contributed by atoms with Crippen molar-refractivity contribution in [2.45, 2.75) is 26.7 Å². The highest BCUT2D eigenvalue weighted by Crippen LogP contribution is 2.24. The summed E-state index contributed by atoms with van der Waals surface area (Å²) in [4.78, 5) is 24.9. The average Bonchev–Trinajstić information content (AvgIpc) is 2.76. The quantitative estimate of drug-likeness (QED) is 0.379. The Hall–Kier alpha value is -2.00. The molecule has 0 heterocycles. The lowest BCUT2D eigenvalue weighted by Gasteiger charge is -2.28. The molecule has 0 aromatic heterocycles. The molecule has 0 atom stereocenters. The van der Waals surface area contributed by atoms with Gasteiger partial charge in [0, 0.05) is 0 Å². The van der Waals surface area contributed by atoms with Crippen LogP contribution < -0.4 is 0 Å². The average molecular weight is 398 g/mol. The molecule has 8 heteroatoms. The van der Waals surface area contributed by atoms with Gasteiger partial charge in [-0.25, -0.2) is 9.59 Å². The van der Waals surface area contributed by atoms with Crippen molar-refractivity contribution in [2.75, 3.05) is 39.6 Å². The first kappa shape index (κ1) is 24.0. The van der Waals surface area contributed by atoms with Crippen molar-refractivity contribution in [1.82, 2.24) is 0 Å². The van der Waals surface area contributed by atoms with Crippen molar-refractivity contribution >= 4 is 11.9 Å². The Balaban J connectivity index is 2.92. The van der Waals surface area contributed by atoms with Gasteiger partial charge in [0.25, 0.3) is 0 Å². The molecule has 158 valence electrons. The highest BCUT2D eigenvalue weighted by Gasteiger charge is 2.31. The van der Waals surface area contributed by atoms with Crippen LogP contribution in [0.3, 0.4) is 0 Å². The first-order chi connectivity index (χ1) is 13.4. The second-order valence-corrected chi connectivity index (χ2v) is 7.04. The van der Waals surface area contributed by atoms with Crippen LogP contribution >= 0.6 is 0 Å². The number of ether oxygens (including phenoxy) is 2. The van der Waals surface area contributed by atoms with Crippen LogP contribution in [-0.4, -0.2) is 72.0 Å². The van der Waals surface area contributed by atoms with Gasteiger partial charge in [0.05, 0.1) is 48.4 Å². The summed E-state index contributed by atoms with van der Waals surface area (Å²) in [7, 11) is 0. The van der Waals surface area contributed by atoms with Gasteiger partial charge < -0.3 is 29.9 Å². The first-order valence-electron chi connectivity index (χ1n) is 9.23. The van der Waals surface area contributed by atoms with E-state index in [1.807, 2.05) is 0 Å². The lowest BCUT2D eigenvalue weighted by molar-refractivity contribution is -0.0202. The third-order valence-electron chi connectivity index (χ3n) is 5.23. The van der Waals surface area contributed by atoms with E-state index < -0.39 is 22.8 Å². The number of aliphatic hydroxyl groups excluding tert-OH is 4. The minimum absolute atomic E-state index is 0.0107. The number of rotatable bonds is 12. The fourth-order valence-corrected chi connectivity index (χ4v) is 2.37. The van der Waals surface area contributed by atoms with Gasteiger partial charge in [0.15, 0.2) is 0 Å². The zero-order valence-electron chi connectivity index (χ0n) is 16.4. The minimum atomic E-state index is -0.950. The molecule has 0 saturated carbocycles. The number of carbonyl (C=O) groups excluding carboxylic acids is 2. The van der Waals surface area contributed by atoms with E-state index in [0.717, 1.165) is 0 Å². The second-order valence-electron chi connectivity index (χ2n) is 7.04. The molecule has 0 bridgehead atoms. The molecule has 28 heavy (non-hydrogen) atoms. The molecule has 0 aliphatic heterocycles. The predicted octanol–water partition coefficient (Wildman–Crippen LogP) is 0.762. The summed E-state index contributed by atoms with van der Waals surface area (Å²) >= 11 is 0. The van der Waals surface area contributed by atoms with Gasteiger partial charge in [0.2, 0.25) is 0 Å². The standard InChI is InChI=1S/C20H30O8/c1-3-19(9-21,10-22)13-27-17(25)15-7-5-6-8-16(15)18(26)28-14-20(4-2,11-23)12-24/h5-8,21-24H,3-4,9-14H2,1-2H3. The Bertz CT molecular complexity index is 563. The van der Waals surface area contributed by atoms with Crippen molar-refractivity contribution in [3.8, 4) is 0 Å². The van der Waals surface area contributed by atoms with Crippen LogP contribution in [0.5, 0.6) is 0 Å². The van der Waals surface area contributed by atoms with Gasteiger partial charge in [-0.05, 0) is 25.0 Å². The van der Waals surface area contributed by atoms with Gasteiger partial charge in [-0.1, -0.05) is 26.0 Å². The topological polar surface area (TPSA) is 134 Å².